The minimum atomic E-state index is -1.07. The minimum Gasteiger partial charge on any atom is -0.507 e. The van der Waals surface area contributed by atoms with E-state index < -0.39 is 30.0 Å². The van der Waals surface area contributed by atoms with Crippen molar-refractivity contribution in [2.45, 2.75) is 58.4 Å². The molecule has 2 aliphatic heterocycles. The van der Waals surface area contributed by atoms with Crippen molar-refractivity contribution in [2.75, 3.05) is 4.90 Å². The minimum absolute atomic E-state index is 0.186. The first kappa shape index (κ1) is 29.8. The van der Waals surface area contributed by atoms with Crippen LogP contribution in [0.15, 0.2) is 77.4 Å². The van der Waals surface area contributed by atoms with Gasteiger partial charge in [-0.2, -0.15) is 0 Å². The molecule has 0 radical (unpaired) electrons. The molecule has 2 saturated heterocycles. The zero-order valence-corrected chi connectivity index (χ0v) is 24.8. The van der Waals surface area contributed by atoms with Crippen molar-refractivity contribution in [2.24, 2.45) is 17.8 Å². The molecule has 2 fully saturated rings. The van der Waals surface area contributed by atoms with Crippen LogP contribution in [0.4, 0.5) is 11.4 Å². The van der Waals surface area contributed by atoms with E-state index in [1.54, 1.807) is 12.1 Å². The van der Waals surface area contributed by atoms with E-state index in [2.05, 4.69) is 13.0 Å². The molecule has 2 amide bonds. The zero-order chi connectivity index (χ0) is 31.1. The van der Waals surface area contributed by atoms with E-state index in [4.69, 9.17) is 4.65 Å². The molecule has 2 N–H and O–H groups in total. The number of allylic oxidation sites excluding steroid dienone is 2. The molecule has 9 nitrogen and oxygen atoms in total. The van der Waals surface area contributed by atoms with E-state index in [1.807, 2.05) is 37.3 Å². The summed E-state index contributed by atoms with van der Waals surface area (Å²) in [4.78, 5) is 39.6. The van der Waals surface area contributed by atoms with Crippen molar-refractivity contribution < 1.29 is 29.3 Å². The van der Waals surface area contributed by atoms with Crippen LogP contribution in [0, 0.1) is 27.9 Å². The molecule has 0 saturated carbocycles. The number of carbonyl (C=O) groups is 2. The maximum absolute atomic E-state index is 13.9. The number of nitro benzene ring substituents is 1. The number of fused-ring (bicyclic) bond motifs is 4. The second kappa shape index (κ2) is 12.0. The number of nitro groups is 1. The maximum Gasteiger partial charge on any atom is 0.455 e. The molecule has 3 aromatic rings. The molecule has 10 heteroatoms. The first-order valence-electron chi connectivity index (χ1n) is 15.2. The molecule has 0 bridgehead atoms. The molecular weight excluding hydrogens is 559 g/mol. The molecule has 226 valence electrons. The highest BCUT2D eigenvalue weighted by Gasteiger charge is 2.57. The Hall–Kier alpha value is -4.28. The molecule has 1 aliphatic carbocycles. The third kappa shape index (κ3) is 5.33. The Balaban J connectivity index is 1.29. The van der Waals surface area contributed by atoms with Crippen LogP contribution in [0.5, 0.6) is 5.75 Å². The SMILES string of the molecule is CCCC1=C2[C@@H](CC/C(C)=C/c3ccc(O)c4ccccc34)OB(O)C[C@@H]2[C@@H]2C(=O)N(c3cccc([N+](=O)[O-])c3)C(=O)[C@@H]2C1. The summed E-state index contributed by atoms with van der Waals surface area (Å²) < 4.78 is 6.14. The summed E-state index contributed by atoms with van der Waals surface area (Å²) in [5, 5.41) is 34.3. The molecular formula is C34H35BN2O7. The predicted octanol–water partition coefficient (Wildman–Crippen LogP) is 6.44. The Bertz CT molecular complexity index is 1720. The Morgan fingerprint density at radius 3 is 2.61 bits per heavy atom. The van der Waals surface area contributed by atoms with E-state index in [1.165, 1.54) is 18.2 Å². The normalized spacial score (nSPS) is 23.8. The van der Waals surface area contributed by atoms with Gasteiger partial charge in [0.1, 0.15) is 5.75 Å². The smallest absolute Gasteiger partial charge is 0.455 e. The van der Waals surface area contributed by atoms with Crippen molar-refractivity contribution in [3.8, 4) is 5.75 Å². The van der Waals surface area contributed by atoms with Gasteiger partial charge in [-0.1, -0.05) is 67.0 Å². The zero-order valence-electron chi connectivity index (χ0n) is 24.8. The summed E-state index contributed by atoms with van der Waals surface area (Å²) >= 11 is 0. The van der Waals surface area contributed by atoms with Crippen LogP contribution in [0.25, 0.3) is 16.8 Å². The summed E-state index contributed by atoms with van der Waals surface area (Å²) in [6, 6.07) is 16.9. The van der Waals surface area contributed by atoms with Gasteiger partial charge in [0.2, 0.25) is 11.8 Å². The number of hydrogen-bond acceptors (Lipinski definition) is 7. The number of phenols is 1. The van der Waals surface area contributed by atoms with Crippen molar-refractivity contribution in [3.63, 3.8) is 0 Å². The van der Waals surface area contributed by atoms with E-state index in [0.29, 0.717) is 19.3 Å². The Kier molecular flexibility index (Phi) is 8.13. The molecule has 0 aromatic heterocycles. The number of amides is 2. The van der Waals surface area contributed by atoms with Gasteiger partial charge >= 0.3 is 7.12 Å². The van der Waals surface area contributed by atoms with Crippen LogP contribution < -0.4 is 4.90 Å². The third-order valence-corrected chi connectivity index (χ3v) is 9.30. The molecule has 3 aromatic carbocycles. The summed E-state index contributed by atoms with van der Waals surface area (Å²) in [7, 11) is -1.07. The van der Waals surface area contributed by atoms with Crippen LogP contribution in [0.3, 0.4) is 0 Å². The fourth-order valence-corrected chi connectivity index (χ4v) is 7.43. The lowest BCUT2D eigenvalue weighted by molar-refractivity contribution is -0.384. The van der Waals surface area contributed by atoms with Crippen molar-refractivity contribution >= 4 is 47.2 Å². The van der Waals surface area contributed by atoms with Gasteiger partial charge in [0.25, 0.3) is 5.69 Å². The molecule has 0 unspecified atom stereocenters. The van der Waals surface area contributed by atoms with Gasteiger partial charge in [0, 0.05) is 17.5 Å². The largest absolute Gasteiger partial charge is 0.507 e. The van der Waals surface area contributed by atoms with Crippen LogP contribution >= 0.6 is 0 Å². The van der Waals surface area contributed by atoms with E-state index in [9.17, 15) is 29.8 Å². The van der Waals surface area contributed by atoms with Gasteiger partial charge in [0.05, 0.1) is 28.6 Å². The predicted molar refractivity (Wildman–Crippen MR) is 169 cm³/mol. The fraction of sp³-hybridized carbons (Fsp3) is 0.353. The number of benzene rings is 3. The molecule has 0 spiro atoms. The highest BCUT2D eigenvalue weighted by Crippen LogP contribution is 2.52. The van der Waals surface area contributed by atoms with Crippen LogP contribution in [-0.2, 0) is 14.2 Å². The number of anilines is 1. The number of rotatable bonds is 8. The van der Waals surface area contributed by atoms with E-state index >= 15 is 0 Å². The number of carbonyl (C=O) groups excluding carboxylic acids is 2. The van der Waals surface area contributed by atoms with Crippen LogP contribution in [-0.4, -0.2) is 40.1 Å². The highest BCUT2D eigenvalue weighted by atomic mass is 16.6. The first-order chi connectivity index (χ1) is 21.2. The lowest BCUT2D eigenvalue weighted by Crippen LogP contribution is -2.46. The number of nitrogens with zero attached hydrogens (tertiary/aromatic N) is 2. The van der Waals surface area contributed by atoms with Crippen molar-refractivity contribution in [3.05, 3.63) is 93.1 Å². The summed E-state index contributed by atoms with van der Waals surface area (Å²) in [5.74, 6) is -2.06. The second-order valence-corrected chi connectivity index (χ2v) is 12.1. The topological polar surface area (TPSA) is 130 Å². The Morgan fingerprint density at radius 2 is 1.86 bits per heavy atom. The van der Waals surface area contributed by atoms with Crippen molar-refractivity contribution in [1.82, 2.24) is 0 Å². The first-order valence-corrected chi connectivity index (χ1v) is 15.2. The molecule has 2 heterocycles. The Morgan fingerprint density at radius 1 is 1.09 bits per heavy atom. The Labute approximate surface area is 256 Å². The number of imide groups is 1. The maximum atomic E-state index is 13.9. The summed E-state index contributed by atoms with van der Waals surface area (Å²) in [5.41, 5.74) is 4.27. The number of non-ortho nitro benzene ring substituents is 1. The molecule has 6 rings (SSSR count). The number of hydrogen-bond donors (Lipinski definition) is 2. The monoisotopic (exact) mass is 594 g/mol. The van der Waals surface area contributed by atoms with Crippen molar-refractivity contribution in [1.29, 1.82) is 0 Å². The van der Waals surface area contributed by atoms with Gasteiger partial charge in [0.15, 0.2) is 0 Å². The van der Waals surface area contributed by atoms with Gasteiger partial charge in [-0.3, -0.25) is 19.7 Å². The van der Waals surface area contributed by atoms with Crippen LogP contribution in [0.2, 0.25) is 6.32 Å². The number of aromatic hydroxyl groups is 1. The van der Waals surface area contributed by atoms with E-state index in [0.717, 1.165) is 50.8 Å². The summed E-state index contributed by atoms with van der Waals surface area (Å²) in [6.45, 7) is 4.13. The van der Waals surface area contributed by atoms with Crippen LogP contribution in [0.1, 0.15) is 51.5 Å². The van der Waals surface area contributed by atoms with E-state index in [-0.39, 0.29) is 41.2 Å². The van der Waals surface area contributed by atoms with Gasteiger partial charge < -0.3 is 14.8 Å². The quantitative estimate of drug-likeness (QED) is 0.101. The van der Waals surface area contributed by atoms with Gasteiger partial charge in [-0.25, -0.2) is 4.90 Å². The fourth-order valence-electron chi connectivity index (χ4n) is 7.43. The van der Waals surface area contributed by atoms with Gasteiger partial charge in [-0.05, 0) is 73.5 Å². The standard InChI is InChI=1S/C34H35BN2O7/c1-3-7-22-17-27-32(34(40)36(33(27)39)23-8-6-9-24(18-23)37(42)43)28-19-35(41)44-30(31(22)28)15-12-20(2)16-21-13-14-29(38)26-11-5-4-10-25(21)26/h4-6,8-11,13-14,16,18,27-28,30,32,38,41H,3,7,12,15,17,19H2,1-2H3/b20-16+/t27-,28+,30-,32-/m1/s1. The number of phenolic OH excluding ortho intramolecular Hbond substituents is 1. The van der Waals surface area contributed by atoms with Gasteiger partial charge in [-0.15, -0.1) is 0 Å². The highest BCUT2D eigenvalue weighted by molar-refractivity contribution is 6.43. The second-order valence-electron chi connectivity index (χ2n) is 12.1. The lowest BCUT2D eigenvalue weighted by atomic mass is 9.58. The molecule has 3 aliphatic rings. The summed E-state index contributed by atoms with van der Waals surface area (Å²) in [6.07, 6.45) is 5.26. The third-order valence-electron chi connectivity index (χ3n) is 9.30. The average Bonchev–Trinajstić information content (AvgIpc) is 3.26. The average molecular weight is 594 g/mol. The lowest BCUT2D eigenvalue weighted by Gasteiger charge is -2.43. The molecule has 4 atom stereocenters. The molecule has 44 heavy (non-hydrogen) atoms.